The van der Waals surface area contributed by atoms with Crippen LogP contribution in [0.4, 0.5) is 0 Å². The Labute approximate surface area is 207 Å². The van der Waals surface area contributed by atoms with E-state index in [1.165, 1.54) is 0 Å². The van der Waals surface area contributed by atoms with Crippen molar-refractivity contribution in [3.8, 4) is 23.0 Å². The van der Waals surface area contributed by atoms with Crippen LogP contribution in [-0.4, -0.2) is 78.7 Å². The number of nitrogens with zero attached hydrogens (tertiary/aromatic N) is 1. The molecule has 0 saturated heterocycles. The minimum atomic E-state index is -1.79. The van der Waals surface area contributed by atoms with Crippen molar-refractivity contribution < 1.29 is 48.7 Å². The van der Waals surface area contributed by atoms with Crippen molar-refractivity contribution in [1.29, 1.82) is 0 Å². The number of carboxylic acid groups (broad SMARTS) is 2. The number of benzene rings is 2. The summed E-state index contributed by atoms with van der Waals surface area (Å²) in [7, 11) is 5.33. The molecule has 2 aliphatic rings. The SMILES string of the molecule is COc1ccc2c(c1OC)CN(C)CCc1cc3c(cc1C(=O)C2)OCO3.O=C(O)CC(O)C(=O)O. The predicted octanol–water partition coefficient (Wildman–Crippen LogP) is 1.75. The summed E-state index contributed by atoms with van der Waals surface area (Å²) in [4.78, 5) is 34.8. The molecule has 3 N–H and O–H groups in total. The maximum atomic E-state index is 13.1. The second-order valence-electron chi connectivity index (χ2n) is 8.34. The third-order valence-electron chi connectivity index (χ3n) is 5.84. The van der Waals surface area contributed by atoms with Crippen LogP contribution < -0.4 is 18.9 Å². The van der Waals surface area contributed by atoms with Crippen LogP contribution in [-0.2, 0) is 29.0 Å². The molecular weight excluding hydrogens is 474 g/mol. The molecule has 2 heterocycles. The number of likely N-dealkylation sites (N-methyl/N-ethyl adjacent to an activating group) is 1. The number of aliphatic hydroxyl groups is 1. The summed E-state index contributed by atoms with van der Waals surface area (Å²) in [5.74, 6) is -0.0456. The molecule has 2 aromatic carbocycles. The molecule has 0 aliphatic carbocycles. The number of carboxylic acids is 2. The average molecular weight is 504 g/mol. The summed E-state index contributed by atoms with van der Waals surface area (Å²) < 4.78 is 22.0. The van der Waals surface area contributed by atoms with Crippen LogP contribution in [0.25, 0.3) is 0 Å². The zero-order valence-corrected chi connectivity index (χ0v) is 20.3. The molecule has 36 heavy (non-hydrogen) atoms. The lowest BCUT2D eigenvalue weighted by molar-refractivity contribution is -0.152. The highest BCUT2D eigenvalue weighted by Crippen LogP contribution is 2.38. The standard InChI is InChI=1S/C21H23NO5.C4H6O5/c1-22-7-6-14-9-19-20(27-12-26-19)10-15(14)17(23)8-13-4-5-18(24-2)21(25-3)16(13)11-22;5-2(4(8)9)1-3(6)7/h4-5,9-10H,6-8,11-12H2,1-3H3;2,5H,1H2,(H,6,7)(H,8,9). The van der Waals surface area contributed by atoms with Gasteiger partial charge in [-0.05, 0) is 42.8 Å². The van der Waals surface area contributed by atoms with Crippen molar-refractivity contribution in [3.05, 3.63) is 46.5 Å². The fourth-order valence-corrected chi connectivity index (χ4v) is 4.00. The normalized spacial score (nSPS) is 15.5. The number of hydrogen-bond donors (Lipinski definition) is 3. The number of methoxy groups -OCH3 is 2. The van der Waals surface area contributed by atoms with E-state index < -0.39 is 24.5 Å². The number of hydrogen-bond acceptors (Lipinski definition) is 9. The Hall–Kier alpha value is -3.83. The number of Topliss-reactive ketones (excluding diaryl/α,β-unsaturated/α-hetero) is 1. The Bertz CT molecular complexity index is 1150. The summed E-state index contributed by atoms with van der Waals surface area (Å²) in [6.07, 6.45) is -1.48. The summed E-state index contributed by atoms with van der Waals surface area (Å²) >= 11 is 0. The first-order valence-corrected chi connectivity index (χ1v) is 11.1. The highest BCUT2D eigenvalue weighted by molar-refractivity contribution is 6.00. The van der Waals surface area contributed by atoms with Crippen LogP contribution in [0.1, 0.15) is 33.5 Å². The number of ether oxygens (including phenoxy) is 4. The number of carbonyl (C=O) groups is 3. The van der Waals surface area contributed by atoms with Crippen LogP contribution in [0.5, 0.6) is 23.0 Å². The Morgan fingerprint density at radius 3 is 2.36 bits per heavy atom. The fourth-order valence-electron chi connectivity index (χ4n) is 4.00. The fraction of sp³-hybridized carbons (Fsp3) is 0.400. The lowest BCUT2D eigenvalue weighted by atomic mass is 9.92. The van der Waals surface area contributed by atoms with Gasteiger partial charge in [0.05, 0.1) is 20.6 Å². The summed E-state index contributed by atoms with van der Waals surface area (Å²) in [6, 6.07) is 7.58. The molecule has 0 fully saturated rings. The Balaban J connectivity index is 0.000000345. The molecule has 11 heteroatoms. The topological polar surface area (TPSA) is 152 Å². The second-order valence-corrected chi connectivity index (χ2v) is 8.34. The first-order chi connectivity index (χ1) is 17.1. The van der Waals surface area contributed by atoms with Gasteiger partial charge in [0.2, 0.25) is 6.79 Å². The van der Waals surface area contributed by atoms with Crippen LogP contribution in [0, 0.1) is 0 Å². The summed E-state index contributed by atoms with van der Waals surface area (Å²) in [6.45, 7) is 1.69. The number of carbonyl (C=O) groups excluding carboxylic acids is 1. The zero-order valence-electron chi connectivity index (χ0n) is 20.3. The van der Waals surface area contributed by atoms with E-state index in [4.69, 9.17) is 34.3 Å². The summed E-state index contributed by atoms with van der Waals surface area (Å²) in [5, 5.41) is 24.1. The predicted molar refractivity (Wildman–Crippen MR) is 126 cm³/mol. The minimum Gasteiger partial charge on any atom is -0.493 e. The molecule has 0 aromatic heterocycles. The molecule has 1 unspecified atom stereocenters. The highest BCUT2D eigenvalue weighted by atomic mass is 16.7. The van der Waals surface area contributed by atoms with Crippen LogP contribution in [0.15, 0.2) is 24.3 Å². The van der Waals surface area contributed by atoms with E-state index in [0.29, 0.717) is 41.5 Å². The largest absolute Gasteiger partial charge is 0.493 e. The van der Waals surface area contributed by atoms with E-state index in [-0.39, 0.29) is 12.6 Å². The van der Waals surface area contributed by atoms with E-state index in [0.717, 1.165) is 29.7 Å². The molecule has 0 spiro atoms. The van der Waals surface area contributed by atoms with Crippen molar-refractivity contribution in [3.63, 3.8) is 0 Å². The molecule has 4 rings (SSSR count). The Morgan fingerprint density at radius 2 is 1.78 bits per heavy atom. The molecule has 0 saturated carbocycles. The summed E-state index contributed by atoms with van der Waals surface area (Å²) in [5.41, 5.74) is 3.65. The molecule has 2 aromatic rings. The zero-order chi connectivity index (χ0) is 26.4. The molecule has 0 radical (unpaired) electrons. The third kappa shape index (κ3) is 6.23. The maximum Gasteiger partial charge on any atom is 0.333 e. The lowest BCUT2D eigenvalue weighted by Crippen LogP contribution is -2.24. The number of ketones is 1. The molecule has 0 amide bonds. The van der Waals surface area contributed by atoms with Gasteiger partial charge in [0.15, 0.2) is 34.9 Å². The minimum absolute atomic E-state index is 0.0707. The molecular formula is C25H29NO10. The quantitative estimate of drug-likeness (QED) is 0.547. The first-order valence-electron chi connectivity index (χ1n) is 11.1. The van der Waals surface area contributed by atoms with Crippen molar-refractivity contribution in [2.45, 2.75) is 31.9 Å². The smallest absolute Gasteiger partial charge is 0.333 e. The third-order valence-corrected chi connectivity index (χ3v) is 5.84. The van der Waals surface area contributed by atoms with Crippen LogP contribution in [0.3, 0.4) is 0 Å². The van der Waals surface area contributed by atoms with E-state index in [1.807, 2.05) is 24.3 Å². The van der Waals surface area contributed by atoms with Gasteiger partial charge in [0, 0.05) is 30.6 Å². The second kappa shape index (κ2) is 11.7. The average Bonchev–Trinajstić information content (AvgIpc) is 3.29. The maximum absolute atomic E-state index is 13.1. The van der Waals surface area contributed by atoms with Crippen molar-refractivity contribution in [1.82, 2.24) is 4.90 Å². The van der Waals surface area contributed by atoms with Gasteiger partial charge in [-0.1, -0.05) is 6.07 Å². The van der Waals surface area contributed by atoms with Gasteiger partial charge in [0.1, 0.15) is 0 Å². The lowest BCUT2D eigenvalue weighted by Gasteiger charge is -2.24. The van der Waals surface area contributed by atoms with Gasteiger partial charge >= 0.3 is 11.9 Å². The van der Waals surface area contributed by atoms with E-state index >= 15 is 0 Å². The van der Waals surface area contributed by atoms with Crippen molar-refractivity contribution in [2.24, 2.45) is 0 Å². The van der Waals surface area contributed by atoms with Gasteiger partial charge in [0.25, 0.3) is 0 Å². The van der Waals surface area contributed by atoms with E-state index in [2.05, 4.69) is 11.9 Å². The molecule has 1 atom stereocenters. The van der Waals surface area contributed by atoms with Crippen LogP contribution >= 0.6 is 0 Å². The Kier molecular flexibility index (Phi) is 8.73. The van der Waals surface area contributed by atoms with Gasteiger partial charge in [-0.3, -0.25) is 9.59 Å². The van der Waals surface area contributed by atoms with Gasteiger partial charge in [-0.15, -0.1) is 0 Å². The first kappa shape index (κ1) is 26.8. The van der Waals surface area contributed by atoms with Gasteiger partial charge < -0.3 is 39.2 Å². The Morgan fingerprint density at radius 1 is 1.08 bits per heavy atom. The van der Waals surface area contributed by atoms with E-state index in [1.54, 1.807) is 14.2 Å². The number of rotatable bonds is 5. The van der Waals surface area contributed by atoms with Gasteiger partial charge in [-0.25, -0.2) is 4.79 Å². The highest BCUT2D eigenvalue weighted by Gasteiger charge is 2.25. The van der Waals surface area contributed by atoms with E-state index in [9.17, 15) is 14.4 Å². The monoisotopic (exact) mass is 503 g/mol. The molecule has 194 valence electrons. The number of aliphatic hydroxyl groups excluding tert-OH is 1. The van der Waals surface area contributed by atoms with Crippen molar-refractivity contribution in [2.75, 3.05) is 34.6 Å². The number of aliphatic carboxylic acids is 2. The number of fused-ring (bicyclic) bond motifs is 3. The van der Waals surface area contributed by atoms with Crippen molar-refractivity contribution >= 4 is 17.7 Å². The van der Waals surface area contributed by atoms with Gasteiger partial charge in [-0.2, -0.15) is 0 Å². The van der Waals surface area contributed by atoms with Crippen LogP contribution in [0.2, 0.25) is 0 Å². The molecule has 11 nitrogen and oxygen atoms in total. The molecule has 0 bridgehead atoms. The molecule has 2 aliphatic heterocycles.